The molecular formula is C19H16F2N2O4. The maximum absolute atomic E-state index is 13.2. The number of rotatable bonds is 3. The van der Waals surface area contributed by atoms with Gasteiger partial charge >= 0.3 is 5.97 Å². The van der Waals surface area contributed by atoms with E-state index in [4.69, 9.17) is 4.74 Å². The molecular weight excluding hydrogens is 358 g/mol. The Morgan fingerprint density at radius 1 is 1.19 bits per heavy atom. The molecule has 0 unspecified atom stereocenters. The second kappa shape index (κ2) is 7.53. The SMILES string of the molecule is C[C@@H]1CC(=O)Nc2ccccc2N1C(=O)COC(=O)c1cc(F)cc(F)c1. The van der Waals surface area contributed by atoms with E-state index in [0.717, 1.165) is 12.1 Å². The Morgan fingerprint density at radius 3 is 2.56 bits per heavy atom. The first-order valence-corrected chi connectivity index (χ1v) is 8.19. The van der Waals surface area contributed by atoms with Gasteiger partial charge in [0.15, 0.2) is 6.61 Å². The van der Waals surface area contributed by atoms with Gasteiger partial charge in [-0.25, -0.2) is 13.6 Å². The predicted octanol–water partition coefficient (Wildman–Crippen LogP) is 2.89. The van der Waals surface area contributed by atoms with Crippen LogP contribution in [-0.4, -0.2) is 30.4 Å². The van der Waals surface area contributed by atoms with Crippen molar-refractivity contribution in [1.82, 2.24) is 0 Å². The van der Waals surface area contributed by atoms with Crippen LogP contribution in [0.4, 0.5) is 20.2 Å². The van der Waals surface area contributed by atoms with E-state index in [1.807, 2.05) is 0 Å². The number of amides is 2. The van der Waals surface area contributed by atoms with Crippen molar-refractivity contribution in [3.05, 3.63) is 59.7 Å². The number of nitrogens with one attached hydrogen (secondary N) is 1. The maximum atomic E-state index is 13.2. The molecule has 0 fully saturated rings. The summed E-state index contributed by atoms with van der Waals surface area (Å²) in [5, 5.41) is 2.72. The van der Waals surface area contributed by atoms with E-state index in [2.05, 4.69) is 5.32 Å². The van der Waals surface area contributed by atoms with E-state index in [-0.39, 0.29) is 17.9 Å². The number of anilines is 2. The smallest absolute Gasteiger partial charge is 0.338 e. The van der Waals surface area contributed by atoms with Crippen LogP contribution in [-0.2, 0) is 14.3 Å². The highest BCUT2D eigenvalue weighted by Gasteiger charge is 2.30. The summed E-state index contributed by atoms with van der Waals surface area (Å²) in [6.07, 6.45) is 0.0729. The van der Waals surface area contributed by atoms with E-state index in [9.17, 15) is 23.2 Å². The van der Waals surface area contributed by atoms with Gasteiger partial charge in [0, 0.05) is 18.5 Å². The van der Waals surface area contributed by atoms with Gasteiger partial charge in [-0.05, 0) is 31.2 Å². The average molecular weight is 374 g/mol. The third-order valence-corrected chi connectivity index (χ3v) is 4.05. The molecule has 2 aromatic rings. The van der Waals surface area contributed by atoms with E-state index in [1.54, 1.807) is 31.2 Å². The molecule has 3 rings (SSSR count). The molecule has 1 N–H and O–H groups in total. The summed E-state index contributed by atoms with van der Waals surface area (Å²) in [7, 11) is 0. The van der Waals surface area contributed by atoms with Gasteiger partial charge in [-0.3, -0.25) is 9.59 Å². The summed E-state index contributed by atoms with van der Waals surface area (Å²) >= 11 is 0. The molecule has 8 heteroatoms. The minimum absolute atomic E-state index is 0.0729. The van der Waals surface area contributed by atoms with Gasteiger partial charge in [0.1, 0.15) is 11.6 Å². The van der Waals surface area contributed by atoms with Crippen LogP contribution >= 0.6 is 0 Å². The number of hydrogen-bond acceptors (Lipinski definition) is 4. The molecule has 140 valence electrons. The van der Waals surface area contributed by atoms with Crippen molar-refractivity contribution in [1.29, 1.82) is 0 Å². The molecule has 6 nitrogen and oxygen atoms in total. The summed E-state index contributed by atoms with van der Waals surface area (Å²) in [4.78, 5) is 38.0. The molecule has 0 aliphatic carbocycles. The molecule has 27 heavy (non-hydrogen) atoms. The summed E-state index contributed by atoms with van der Waals surface area (Å²) in [5.74, 6) is -3.67. The fourth-order valence-electron chi connectivity index (χ4n) is 2.92. The van der Waals surface area contributed by atoms with Crippen LogP contribution in [0.3, 0.4) is 0 Å². The maximum Gasteiger partial charge on any atom is 0.338 e. The van der Waals surface area contributed by atoms with Gasteiger partial charge in [-0.15, -0.1) is 0 Å². The molecule has 0 spiro atoms. The average Bonchev–Trinajstić information content (AvgIpc) is 2.72. The van der Waals surface area contributed by atoms with Crippen LogP contribution in [0.2, 0.25) is 0 Å². The fraction of sp³-hybridized carbons (Fsp3) is 0.211. The highest BCUT2D eigenvalue weighted by molar-refractivity contribution is 6.05. The molecule has 1 aliphatic heterocycles. The van der Waals surface area contributed by atoms with E-state index >= 15 is 0 Å². The Labute approximate surface area is 153 Å². The largest absolute Gasteiger partial charge is 0.452 e. The van der Waals surface area contributed by atoms with Crippen molar-refractivity contribution in [3.63, 3.8) is 0 Å². The number of carbonyl (C=O) groups is 3. The first kappa shape index (κ1) is 18.5. The van der Waals surface area contributed by atoms with Crippen molar-refractivity contribution in [2.24, 2.45) is 0 Å². The van der Waals surface area contributed by atoms with Crippen LogP contribution in [0.25, 0.3) is 0 Å². The molecule has 0 aromatic heterocycles. The van der Waals surface area contributed by atoms with Crippen LogP contribution in [0, 0.1) is 11.6 Å². The normalized spacial score (nSPS) is 16.2. The molecule has 0 bridgehead atoms. The lowest BCUT2D eigenvalue weighted by Gasteiger charge is -2.27. The Bertz CT molecular complexity index is 896. The summed E-state index contributed by atoms with van der Waals surface area (Å²) in [6.45, 7) is 1.06. The number of nitrogens with zero attached hydrogens (tertiary/aromatic N) is 1. The van der Waals surface area contributed by atoms with Gasteiger partial charge in [0.25, 0.3) is 5.91 Å². The van der Waals surface area contributed by atoms with Gasteiger partial charge in [0.05, 0.1) is 16.9 Å². The minimum atomic E-state index is -1.02. The van der Waals surface area contributed by atoms with E-state index < -0.39 is 36.2 Å². The van der Waals surface area contributed by atoms with Crippen molar-refractivity contribution in [2.45, 2.75) is 19.4 Å². The number of hydrogen-bond donors (Lipinski definition) is 1. The third-order valence-electron chi connectivity index (χ3n) is 4.05. The zero-order valence-electron chi connectivity index (χ0n) is 14.4. The molecule has 2 aromatic carbocycles. The fourth-order valence-corrected chi connectivity index (χ4v) is 2.92. The van der Waals surface area contributed by atoms with Crippen molar-refractivity contribution in [2.75, 3.05) is 16.8 Å². The number of fused-ring (bicyclic) bond motifs is 1. The number of esters is 1. The van der Waals surface area contributed by atoms with Gasteiger partial charge in [0.2, 0.25) is 5.91 Å². The molecule has 1 atom stereocenters. The molecule has 1 heterocycles. The van der Waals surface area contributed by atoms with Crippen molar-refractivity contribution < 1.29 is 27.9 Å². The quantitative estimate of drug-likeness (QED) is 0.839. The van der Waals surface area contributed by atoms with Crippen LogP contribution in [0.15, 0.2) is 42.5 Å². The number of benzene rings is 2. The predicted molar refractivity (Wildman–Crippen MR) is 93.3 cm³/mol. The Balaban J connectivity index is 1.77. The summed E-state index contributed by atoms with van der Waals surface area (Å²) < 4.78 is 31.3. The number of halogens is 2. The zero-order valence-corrected chi connectivity index (χ0v) is 14.4. The highest BCUT2D eigenvalue weighted by atomic mass is 19.1. The molecule has 0 saturated carbocycles. The monoisotopic (exact) mass is 374 g/mol. The van der Waals surface area contributed by atoms with Gasteiger partial charge < -0.3 is 15.0 Å². The van der Waals surface area contributed by atoms with Crippen LogP contribution in [0.1, 0.15) is 23.7 Å². The minimum Gasteiger partial charge on any atom is -0.452 e. The van der Waals surface area contributed by atoms with Crippen molar-refractivity contribution in [3.8, 4) is 0 Å². The second-order valence-electron chi connectivity index (χ2n) is 6.12. The Kier molecular flexibility index (Phi) is 5.16. The van der Waals surface area contributed by atoms with E-state index in [1.165, 1.54) is 4.90 Å². The molecule has 0 saturated heterocycles. The van der Waals surface area contributed by atoms with Crippen molar-refractivity contribution >= 4 is 29.2 Å². The summed E-state index contributed by atoms with van der Waals surface area (Å²) in [6, 6.07) is 8.56. The lowest BCUT2D eigenvalue weighted by Crippen LogP contribution is -2.41. The molecule has 0 radical (unpaired) electrons. The molecule has 1 aliphatic rings. The van der Waals surface area contributed by atoms with Gasteiger partial charge in [-0.2, -0.15) is 0 Å². The standard InChI is InChI=1S/C19H16F2N2O4/c1-11-6-17(24)22-15-4-2-3-5-16(15)23(11)18(25)10-27-19(26)12-7-13(20)9-14(21)8-12/h2-5,7-9,11H,6,10H2,1H3,(H,22,24)/t11-/m1/s1. The number of ether oxygens (including phenoxy) is 1. The van der Waals surface area contributed by atoms with Crippen LogP contribution < -0.4 is 10.2 Å². The summed E-state index contributed by atoms with van der Waals surface area (Å²) in [5.41, 5.74) is 0.619. The number of carbonyl (C=O) groups excluding carboxylic acids is 3. The Hall–Kier alpha value is -3.29. The van der Waals surface area contributed by atoms with E-state index in [0.29, 0.717) is 17.4 Å². The lowest BCUT2D eigenvalue weighted by atomic mass is 10.1. The Morgan fingerprint density at radius 2 is 1.85 bits per heavy atom. The number of para-hydroxylation sites is 2. The topological polar surface area (TPSA) is 75.7 Å². The second-order valence-corrected chi connectivity index (χ2v) is 6.12. The highest BCUT2D eigenvalue weighted by Crippen LogP contribution is 2.31. The first-order valence-electron chi connectivity index (χ1n) is 8.19. The lowest BCUT2D eigenvalue weighted by molar-refractivity contribution is -0.122. The zero-order chi connectivity index (χ0) is 19.6. The molecule has 2 amide bonds. The third kappa shape index (κ3) is 4.11. The first-order chi connectivity index (χ1) is 12.8. The van der Waals surface area contributed by atoms with Crippen LogP contribution in [0.5, 0.6) is 0 Å². The van der Waals surface area contributed by atoms with Gasteiger partial charge in [-0.1, -0.05) is 12.1 Å².